The molecule has 0 saturated heterocycles. The van der Waals surface area contributed by atoms with Crippen LogP contribution < -0.4 is 16.0 Å². The number of hydrogen-bond donors (Lipinski definition) is 0. The number of fused-ring (bicyclic) bond motifs is 1. The zero-order valence-electron chi connectivity index (χ0n) is 14.4. The molecule has 0 unspecified atom stereocenters. The Hall–Kier alpha value is -2.92. The monoisotopic (exact) mass is 421 g/mol. The van der Waals surface area contributed by atoms with Crippen LogP contribution in [0.4, 0.5) is 26.3 Å². The summed E-state index contributed by atoms with van der Waals surface area (Å²) in [6.45, 7) is 0. The van der Waals surface area contributed by atoms with Crippen LogP contribution in [-0.4, -0.2) is 4.98 Å². The van der Waals surface area contributed by atoms with E-state index < -0.39 is 53.4 Å². The van der Waals surface area contributed by atoms with Gasteiger partial charge in [0.25, 0.3) is 0 Å². The quantitative estimate of drug-likeness (QED) is 0.263. The van der Waals surface area contributed by atoms with Crippen LogP contribution in [0, 0.1) is 34.9 Å². The van der Waals surface area contributed by atoms with E-state index in [1.807, 2.05) is 0 Å². The van der Waals surface area contributed by atoms with Gasteiger partial charge in [-0.3, -0.25) is 0 Å². The second-order valence-corrected chi connectivity index (χ2v) is 8.10. The summed E-state index contributed by atoms with van der Waals surface area (Å²) in [5.41, 5.74) is 0.289. The van der Waals surface area contributed by atoms with Crippen LogP contribution in [0.1, 0.15) is 0 Å². The number of benzene rings is 3. The Morgan fingerprint density at radius 3 is 1.66 bits per heavy atom. The van der Waals surface area contributed by atoms with Crippen molar-refractivity contribution in [2.45, 2.75) is 0 Å². The molecule has 1 nitrogen and oxygen atoms in total. The second-order valence-electron chi connectivity index (χ2n) is 6.08. The molecule has 0 aliphatic rings. The molecule has 0 fully saturated rings. The Bertz CT molecular complexity index is 1190. The highest BCUT2D eigenvalue weighted by Crippen LogP contribution is 2.37. The van der Waals surface area contributed by atoms with Crippen LogP contribution in [0.3, 0.4) is 0 Å². The van der Waals surface area contributed by atoms with Gasteiger partial charge < -0.3 is 0 Å². The standard InChI is InChI=1S/C21H10F6NP/c22-12-6-8-14(24)20(18(12)26)29(21-15(25)9-7-13(23)19(21)27)17-10-5-11-3-1-2-4-16(11)28-17/h1-10H. The van der Waals surface area contributed by atoms with Crippen LogP contribution in [0.25, 0.3) is 10.9 Å². The van der Waals surface area contributed by atoms with E-state index in [-0.39, 0.29) is 5.44 Å². The molecule has 1 aromatic heterocycles. The zero-order chi connectivity index (χ0) is 20.7. The maximum atomic E-state index is 14.6. The number of rotatable bonds is 3. The molecule has 4 aromatic rings. The SMILES string of the molecule is Fc1ccc(F)c(P(c2ccc3ccccc3n2)c2c(F)ccc(F)c2F)c1F. The fraction of sp³-hybridized carbons (Fsp3) is 0. The van der Waals surface area contributed by atoms with E-state index in [4.69, 9.17) is 0 Å². The molecule has 0 N–H and O–H groups in total. The van der Waals surface area contributed by atoms with Crippen LogP contribution in [0.5, 0.6) is 0 Å². The van der Waals surface area contributed by atoms with E-state index in [0.717, 1.165) is 0 Å². The van der Waals surface area contributed by atoms with Crippen molar-refractivity contribution in [1.82, 2.24) is 4.98 Å². The molecule has 0 radical (unpaired) electrons. The van der Waals surface area contributed by atoms with Gasteiger partial charge in [0.2, 0.25) is 0 Å². The Balaban J connectivity index is 2.08. The largest absolute Gasteiger partial charge is 0.247 e. The first-order valence-electron chi connectivity index (χ1n) is 8.31. The molecule has 1 heterocycles. The smallest absolute Gasteiger partial charge is 0.170 e. The molecule has 0 saturated carbocycles. The molecular formula is C21H10F6NP. The van der Waals surface area contributed by atoms with Gasteiger partial charge in [-0.15, -0.1) is 0 Å². The topological polar surface area (TPSA) is 12.9 Å². The molecule has 0 aliphatic heterocycles. The van der Waals surface area contributed by atoms with Crippen LogP contribution >= 0.6 is 7.92 Å². The summed E-state index contributed by atoms with van der Waals surface area (Å²) in [5, 5.41) is -1.12. The fourth-order valence-corrected chi connectivity index (χ4v) is 5.26. The van der Waals surface area contributed by atoms with E-state index >= 15 is 0 Å². The lowest BCUT2D eigenvalue weighted by molar-refractivity contribution is 0.501. The normalized spacial score (nSPS) is 11.4. The van der Waals surface area contributed by atoms with E-state index in [2.05, 4.69) is 4.98 Å². The van der Waals surface area contributed by atoms with Gasteiger partial charge in [-0.05, 0) is 36.4 Å². The van der Waals surface area contributed by atoms with Crippen molar-refractivity contribution in [2.24, 2.45) is 0 Å². The molecule has 146 valence electrons. The Labute approximate surface area is 162 Å². The summed E-state index contributed by atoms with van der Waals surface area (Å²) < 4.78 is 86.1. The molecule has 0 aliphatic carbocycles. The maximum absolute atomic E-state index is 14.6. The minimum absolute atomic E-state index is 0.106. The summed E-state index contributed by atoms with van der Waals surface area (Å²) in [4.78, 5) is 4.27. The number of para-hydroxylation sites is 1. The molecular weight excluding hydrogens is 411 g/mol. The summed E-state index contributed by atoms with van der Waals surface area (Å²) in [6, 6.07) is 12.0. The summed E-state index contributed by atoms with van der Waals surface area (Å²) in [7, 11) is -2.73. The maximum Gasteiger partial charge on any atom is 0.170 e. The Morgan fingerprint density at radius 1 is 0.552 bits per heavy atom. The van der Waals surface area contributed by atoms with E-state index in [9.17, 15) is 26.3 Å². The number of halogens is 6. The summed E-state index contributed by atoms with van der Waals surface area (Å²) in [6.07, 6.45) is 0. The van der Waals surface area contributed by atoms with Crippen molar-refractivity contribution in [2.75, 3.05) is 0 Å². The molecule has 0 spiro atoms. The van der Waals surface area contributed by atoms with Crippen molar-refractivity contribution in [1.29, 1.82) is 0 Å². The number of aromatic nitrogens is 1. The van der Waals surface area contributed by atoms with Crippen LogP contribution in [-0.2, 0) is 0 Å². The van der Waals surface area contributed by atoms with Crippen LogP contribution in [0.2, 0.25) is 0 Å². The van der Waals surface area contributed by atoms with Gasteiger partial charge in [0.15, 0.2) is 23.3 Å². The third-order valence-corrected chi connectivity index (χ3v) is 6.72. The van der Waals surface area contributed by atoms with Gasteiger partial charge in [-0.2, -0.15) is 0 Å². The molecule has 0 amide bonds. The lowest BCUT2D eigenvalue weighted by atomic mass is 10.2. The second kappa shape index (κ2) is 7.48. The number of nitrogens with zero attached hydrogens (tertiary/aromatic N) is 1. The highest BCUT2D eigenvalue weighted by molar-refractivity contribution is 7.79. The minimum atomic E-state index is -2.73. The molecule has 8 heteroatoms. The Kier molecular flexibility index (Phi) is 5.01. The van der Waals surface area contributed by atoms with Crippen LogP contribution in [0.15, 0.2) is 60.7 Å². The highest BCUT2D eigenvalue weighted by Gasteiger charge is 2.32. The van der Waals surface area contributed by atoms with Crippen molar-refractivity contribution in [3.8, 4) is 0 Å². The van der Waals surface area contributed by atoms with Gasteiger partial charge in [0, 0.05) is 13.3 Å². The summed E-state index contributed by atoms with van der Waals surface area (Å²) in [5.74, 6) is -8.43. The van der Waals surface area contributed by atoms with Gasteiger partial charge in [-0.25, -0.2) is 31.3 Å². The van der Waals surface area contributed by atoms with Crippen molar-refractivity contribution >= 4 is 34.9 Å². The first-order chi connectivity index (χ1) is 13.9. The molecule has 0 atom stereocenters. The average molecular weight is 421 g/mol. The van der Waals surface area contributed by atoms with E-state index in [1.54, 1.807) is 30.3 Å². The highest BCUT2D eigenvalue weighted by atomic mass is 31.1. The molecule has 4 rings (SSSR count). The Morgan fingerprint density at radius 2 is 1.07 bits per heavy atom. The minimum Gasteiger partial charge on any atom is -0.247 e. The number of hydrogen-bond acceptors (Lipinski definition) is 1. The average Bonchev–Trinajstić information content (AvgIpc) is 2.72. The van der Waals surface area contributed by atoms with Crippen molar-refractivity contribution in [3.63, 3.8) is 0 Å². The van der Waals surface area contributed by atoms with Gasteiger partial charge >= 0.3 is 0 Å². The molecule has 0 bridgehead atoms. The molecule has 29 heavy (non-hydrogen) atoms. The van der Waals surface area contributed by atoms with Gasteiger partial charge in [-0.1, -0.05) is 24.3 Å². The predicted molar refractivity (Wildman–Crippen MR) is 100 cm³/mol. The number of pyridine rings is 1. The van der Waals surface area contributed by atoms with Crippen molar-refractivity contribution < 1.29 is 26.3 Å². The fourth-order valence-electron chi connectivity index (χ4n) is 2.96. The van der Waals surface area contributed by atoms with Gasteiger partial charge in [0.1, 0.15) is 11.6 Å². The van der Waals surface area contributed by atoms with Crippen molar-refractivity contribution in [3.05, 3.63) is 95.6 Å². The van der Waals surface area contributed by atoms with E-state index in [0.29, 0.717) is 35.2 Å². The third-order valence-electron chi connectivity index (χ3n) is 4.30. The predicted octanol–water partition coefficient (Wildman–Crippen LogP) is 4.83. The third kappa shape index (κ3) is 3.36. The zero-order valence-corrected chi connectivity index (χ0v) is 15.3. The first kappa shape index (κ1) is 19.4. The van der Waals surface area contributed by atoms with Gasteiger partial charge in [0.05, 0.1) is 21.6 Å². The lowest BCUT2D eigenvalue weighted by Gasteiger charge is -2.21. The lowest BCUT2D eigenvalue weighted by Crippen LogP contribution is -2.31. The first-order valence-corrected chi connectivity index (χ1v) is 9.65. The summed E-state index contributed by atoms with van der Waals surface area (Å²) >= 11 is 0. The van der Waals surface area contributed by atoms with E-state index in [1.165, 1.54) is 6.07 Å². The molecule has 3 aromatic carbocycles.